The van der Waals surface area contributed by atoms with E-state index in [2.05, 4.69) is 11.6 Å². The molecule has 1 aliphatic carbocycles. The zero-order valence-corrected chi connectivity index (χ0v) is 14.4. The number of hydrogen-bond donors (Lipinski definition) is 1. The first kappa shape index (κ1) is 16.3. The Hall–Kier alpha value is -1.59. The second-order valence-corrected chi connectivity index (χ2v) is 7.98. The fourth-order valence-corrected chi connectivity index (χ4v) is 5.00. The molecule has 5 heteroatoms. The number of rotatable bonds is 4. The highest BCUT2D eigenvalue weighted by atomic mass is 32.2. The average molecular weight is 333 g/mol. The van der Waals surface area contributed by atoms with Crippen LogP contribution < -0.4 is 9.46 Å². The lowest BCUT2D eigenvalue weighted by molar-refractivity contribution is 0.310. The van der Waals surface area contributed by atoms with E-state index in [9.17, 15) is 8.42 Å². The van der Waals surface area contributed by atoms with Crippen LogP contribution in [0.3, 0.4) is 0 Å². The molecule has 0 saturated heterocycles. The summed E-state index contributed by atoms with van der Waals surface area (Å²) in [4.78, 5) is 0.326. The molecule has 0 spiro atoms. The van der Waals surface area contributed by atoms with Gasteiger partial charge in [-0.25, -0.2) is 13.1 Å². The van der Waals surface area contributed by atoms with Gasteiger partial charge in [0.15, 0.2) is 0 Å². The maximum Gasteiger partial charge on any atom is 0.241 e. The fourth-order valence-electron chi connectivity index (χ4n) is 3.41. The van der Waals surface area contributed by atoms with E-state index in [1.165, 1.54) is 6.42 Å². The molecule has 124 valence electrons. The summed E-state index contributed by atoms with van der Waals surface area (Å²) in [6.45, 7) is 2.12. The summed E-state index contributed by atoms with van der Waals surface area (Å²) < 4.78 is 34.1. The van der Waals surface area contributed by atoms with Crippen molar-refractivity contribution >= 4 is 20.8 Å². The van der Waals surface area contributed by atoms with Crippen molar-refractivity contribution in [3.05, 3.63) is 36.4 Å². The molecule has 0 aliphatic heterocycles. The van der Waals surface area contributed by atoms with E-state index >= 15 is 0 Å². The predicted molar refractivity (Wildman–Crippen MR) is 92.2 cm³/mol. The Bertz CT molecular complexity index is 801. The third-order valence-corrected chi connectivity index (χ3v) is 6.32. The van der Waals surface area contributed by atoms with Gasteiger partial charge in [0.05, 0.1) is 12.0 Å². The van der Waals surface area contributed by atoms with Gasteiger partial charge in [0, 0.05) is 16.8 Å². The zero-order valence-electron chi connectivity index (χ0n) is 13.6. The van der Waals surface area contributed by atoms with E-state index in [0.717, 1.165) is 24.6 Å². The van der Waals surface area contributed by atoms with Gasteiger partial charge in [-0.3, -0.25) is 0 Å². The monoisotopic (exact) mass is 333 g/mol. The molecule has 1 N–H and O–H groups in total. The van der Waals surface area contributed by atoms with Gasteiger partial charge in [0.2, 0.25) is 10.0 Å². The van der Waals surface area contributed by atoms with Crippen LogP contribution in [0.4, 0.5) is 0 Å². The molecule has 23 heavy (non-hydrogen) atoms. The van der Waals surface area contributed by atoms with Gasteiger partial charge >= 0.3 is 0 Å². The summed E-state index contributed by atoms with van der Waals surface area (Å²) in [6, 6.07) is 10.8. The third-order valence-electron chi connectivity index (χ3n) is 4.77. The van der Waals surface area contributed by atoms with Crippen molar-refractivity contribution < 1.29 is 13.2 Å². The SMILES string of the molecule is COc1ccc(S(=O)(=O)N[C@H]2CCCC[C@@H]2C)c2ccccc12. The van der Waals surface area contributed by atoms with Gasteiger partial charge in [-0.1, -0.05) is 44.0 Å². The van der Waals surface area contributed by atoms with E-state index in [0.29, 0.717) is 21.9 Å². The van der Waals surface area contributed by atoms with Gasteiger partial charge in [0.1, 0.15) is 5.75 Å². The Balaban J connectivity index is 2.01. The maximum absolute atomic E-state index is 12.9. The Morgan fingerprint density at radius 3 is 2.43 bits per heavy atom. The smallest absolute Gasteiger partial charge is 0.241 e. The largest absolute Gasteiger partial charge is 0.496 e. The maximum atomic E-state index is 12.9. The van der Waals surface area contributed by atoms with Crippen LogP contribution in [0.15, 0.2) is 41.3 Å². The molecule has 0 amide bonds. The molecule has 4 nitrogen and oxygen atoms in total. The fraction of sp³-hybridized carbons (Fsp3) is 0.444. The summed E-state index contributed by atoms with van der Waals surface area (Å²) in [7, 11) is -1.95. The van der Waals surface area contributed by atoms with Crippen molar-refractivity contribution in [3.63, 3.8) is 0 Å². The zero-order chi connectivity index (χ0) is 16.4. The van der Waals surface area contributed by atoms with Crippen LogP contribution in [0.1, 0.15) is 32.6 Å². The minimum atomic E-state index is -3.55. The van der Waals surface area contributed by atoms with Crippen molar-refractivity contribution in [2.24, 2.45) is 5.92 Å². The lowest BCUT2D eigenvalue weighted by atomic mass is 9.87. The van der Waals surface area contributed by atoms with E-state index in [1.54, 1.807) is 19.2 Å². The van der Waals surface area contributed by atoms with Crippen LogP contribution in [0.5, 0.6) is 5.75 Å². The van der Waals surface area contributed by atoms with Gasteiger partial charge in [-0.05, 0) is 30.9 Å². The molecule has 1 fully saturated rings. The average Bonchev–Trinajstić information content (AvgIpc) is 2.55. The predicted octanol–water partition coefficient (Wildman–Crippen LogP) is 3.71. The van der Waals surface area contributed by atoms with Crippen molar-refractivity contribution in [2.75, 3.05) is 7.11 Å². The van der Waals surface area contributed by atoms with Crippen molar-refractivity contribution in [1.29, 1.82) is 0 Å². The molecular weight excluding hydrogens is 310 g/mol. The highest BCUT2D eigenvalue weighted by Gasteiger charge is 2.28. The van der Waals surface area contributed by atoms with E-state index in [4.69, 9.17) is 4.74 Å². The molecule has 0 unspecified atom stereocenters. The number of benzene rings is 2. The van der Waals surface area contributed by atoms with Gasteiger partial charge in [-0.15, -0.1) is 0 Å². The number of ether oxygens (including phenoxy) is 1. The van der Waals surface area contributed by atoms with Crippen LogP contribution >= 0.6 is 0 Å². The van der Waals surface area contributed by atoms with Crippen molar-refractivity contribution in [1.82, 2.24) is 4.72 Å². The topological polar surface area (TPSA) is 55.4 Å². The summed E-state index contributed by atoms with van der Waals surface area (Å²) in [5, 5.41) is 1.51. The van der Waals surface area contributed by atoms with Crippen LogP contribution in [0.25, 0.3) is 10.8 Å². The first-order valence-corrected chi connectivity index (χ1v) is 9.59. The highest BCUT2D eigenvalue weighted by Crippen LogP contribution is 2.32. The third kappa shape index (κ3) is 3.21. The minimum absolute atomic E-state index is 0.0228. The molecule has 1 aliphatic rings. The van der Waals surface area contributed by atoms with Crippen molar-refractivity contribution in [3.8, 4) is 5.75 Å². The van der Waals surface area contributed by atoms with E-state index < -0.39 is 10.0 Å². The summed E-state index contributed by atoms with van der Waals surface area (Å²) in [5.41, 5.74) is 0. The first-order valence-electron chi connectivity index (χ1n) is 8.11. The van der Waals surface area contributed by atoms with Gasteiger partial charge in [-0.2, -0.15) is 0 Å². The van der Waals surface area contributed by atoms with E-state index in [-0.39, 0.29) is 6.04 Å². The molecule has 0 aromatic heterocycles. The Kier molecular flexibility index (Phi) is 4.60. The molecule has 0 heterocycles. The second-order valence-electron chi connectivity index (χ2n) is 6.30. The summed E-state index contributed by atoms with van der Waals surface area (Å²) >= 11 is 0. The van der Waals surface area contributed by atoms with Crippen LogP contribution in [-0.2, 0) is 10.0 Å². The summed E-state index contributed by atoms with van der Waals surface area (Å²) in [5.74, 6) is 1.06. The van der Waals surface area contributed by atoms with E-state index in [1.807, 2.05) is 24.3 Å². The minimum Gasteiger partial charge on any atom is -0.496 e. The van der Waals surface area contributed by atoms with Gasteiger partial charge in [0.25, 0.3) is 0 Å². The van der Waals surface area contributed by atoms with Crippen molar-refractivity contribution in [2.45, 2.75) is 43.5 Å². The Morgan fingerprint density at radius 1 is 1.04 bits per heavy atom. The molecule has 3 rings (SSSR count). The number of methoxy groups -OCH3 is 1. The van der Waals surface area contributed by atoms with Crippen LogP contribution in [0, 0.1) is 5.92 Å². The standard InChI is InChI=1S/C18H23NO3S/c1-13-7-3-6-10-16(13)19-23(20,21)18-12-11-17(22-2)14-8-4-5-9-15(14)18/h4-5,8-9,11-13,16,19H,3,6-7,10H2,1-2H3/t13-,16-/m0/s1. The number of hydrogen-bond acceptors (Lipinski definition) is 3. The summed E-state index contributed by atoms with van der Waals surface area (Å²) in [6.07, 6.45) is 4.26. The second kappa shape index (κ2) is 6.49. The number of nitrogens with one attached hydrogen (secondary N) is 1. The molecular formula is C18H23NO3S. The number of sulfonamides is 1. The lowest BCUT2D eigenvalue weighted by Gasteiger charge is -2.29. The van der Waals surface area contributed by atoms with Crippen LogP contribution in [-0.4, -0.2) is 21.6 Å². The quantitative estimate of drug-likeness (QED) is 0.928. The van der Waals surface area contributed by atoms with Crippen LogP contribution in [0.2, 0.25) is 0 Å². The van der Waals surface area contributed by atoms with Gasteiger partial charge < -0.3 is 4.74 Å². The normalized spacial score (nSPS) is 22.2. The molecule has 0 radical (unpaired) electrons. The molecule has 1 saturated carbocycles. The molecule has 0 bridgehead atoms. The Morgan fingerprint density at radius 2 is 1.74 bits per heavy atom. The highest BCUT2D eigenvalue weighted by molar-refractivity contribution is 7.89. The molecule has 2 atom stereocenters. The number of fused-ring (bicyclic) bond motifs is 1. The first-order chi connectivity index (χ1) is 11.0. The lowest BCUT2D eigenvalue weighted by Crippen LogP contribution is -2.41. The molecule has 2 aromatic carbocycles. The molecule has 2 aromatic rings. The Labute approximate surface area is 137 Å².